The van der Waals surface area contributed by atoms with E-state index in [4.69, 9.17) is 0 Å². The minimum Gasteiger partial charge on any atom is -0.335 e. The van der Waals surface area contributed by atoms with E-state index in [9.17, 15) is 0 Å². The molecule has 0 bridgehead atoms. The quantitative estimate of drug-likeness (QED) is 0.148. The summed E-state index contributed by atoms with van der Waals surface area (Å²) in [5.41, 5.74) is 25.3. The molecule has 68 heavy (non-hydrogen) atoms. The first kappa shape index (κ1) is 40.7. The first-order valence-corrected chi connectivity index (χ1v) is 24.6. The Balaban J connectivity index is 1.16. The summed E-state index contributed by atoms with van der Waals surface area (Å²) < 4.78 is 0. The summed E-state index contributed by atoms with van der Waals surface area (Å²) >= 11 is 0. The van der Waals surface area contributed by atoms with Gasteiger partial charge in [-0.05, 0) is 149 Å². The molecule has 1 aliphatic carbocycles. The van der Waals surface area contributed by atoms with E-state index in [0.29, 0.717) is 0 Å². The zero-order valence-corrected chi connectivity index (χ0v) is 39.4. The fraction of sp³-hybridized carbons (Fsp3) is 0.156. The summed E-state index contributed by atoms with van der Waals surface area (Å²) in [5, 5.41) is 0. The number of hydrogen-bond donors (Lipinski definition) is 0. The van der Waals surface area contributed by atoms with Crippen LogP contribution in [0.1, 0.15) is 56.2 Å². The Morgan fingerprint density at radius 1 is 0.456 bits per heavy atom. The summed E-state index contributed by atoms with van der Waals surface area (Å²) in [4.78, 5) is 8.01. The van der Waals surface area contributed by atoms with Crippen molar-refractivity contribution >= 4 is 68.6 Å². The zero-order chi connectivity index (χ0) is 45.7. The molecule has 3 nitrogen and oxygen atoms in total. The highest BCUT2D eigenvalue weighted by Gasteiger charge is 2.61. The number of rotatable bonds is 7. The maximum Gasteiger partial charge on any atom is 0.252 e. The number of hydrogen-bond acceptors (Lipinski definition) is 3. The van der Waals surface area contributed by atoms with Gasteiger partial charge in [0.2, 0.25) is 0 Å². The van der Waals surface area contributed by atoms with Crippen molar-refractivity contribution in [2.24, 2.45) is 0 Å². The molecule has 2 atom stereocenters. The van der Waals surface area contributed by atoms with Crippen molar-refractivity contribution in [3.05, 3.63) is 223 Å². The van der Waals surface area contributed by atoms with Crippen LogP contribution in [0.4, 0.5) is 45.5 Å². The Labute approximate surface area is 402 Å². The minimum atomic E-state index is -0.153. The number of para-hydroxylation sites is 2. The molecule has 3 aliphatic heterocycles. The number of fused-ring (bicyclic) bond motifs is 7. The van der Waals surface area contributed by atoms with Crippen molar-refractivity contribution in [2.75, 3.05) is 14.7 Å². The predicted octanol–water partition coefficient (Wildman–Crippen LogP) is 15.1. The molecule has 0 spiro atoms. The third-order valence-electron chi connectivity index (χ3n) is 16.4. The third-order valence-corrected chi connectivity index (χ3v) is 16.4. The molecule has 0 aromatic heterocycles. The second kappa shape index (κ2) is 15.5. The van der Waals surface area contributed by atoms with Gasteiger partial charge >= 0.3 is 0 Å². The van der Waals surface area contributed by atoms with Gasteiger partial charge in [0.25, 0.3) is 6.71 Å². The van der Waals surface area contributed by atoms with Crippen molar-refractivity contribution in [2.45, 2.75) is 64.3 Å². The van der Waals surface area contributed by atoms with Crippen LogP contribution in [0.2, 0.25) is 0 Å². The number of nitrogens with zero attached hydrogens (tertiary/aromatic N) is 3. The van der Waals surface area contributed by atoms with Gasteiger partial charge in [-0.15, -0.1) is 0 Å². The molecule has 328 valence electrons. The second-order valence-electron chi connectivity index (χ2n) is 20.1. The minimum absolute atomic E-state index is 0.0149. The average molecular weight is 876 g/mol. The summed E-state index contributed by atoms with van der Waals surface area (Å²) in [5.74, 6) is 0. The van der Waals surface area contributed by atoms with Crippen LogP contribution in [0, 0.1) is 13.8 Å². The molecule has 4 aliphatic rings. The molecule has 1 fully saturated rings. The van der Waals surface area contributed by atoms with E-state index in [-0.39, 0.29) is 17.7 Å². The van der Waals surface area contributed by atoms with Crippen LogP contribution in [0.5, 0.6) is 0 Å². The Morgan fingerprint density at radius 3 is 1.60 bits per heavy atom. The summed E-state index contributed by atoms with van der Waals surface area (Å²) in [6.45, 7) is 9.69. The van der Waals surface area contributed by atoms with Gasteiger partial charge in [-0.2, -0.15) is 0 Å². The van der Waals surface area contributed by atoms with Crippen molar-refractivity contribution in [1.29, 1.82) is 0 Å². The van der Waals surface area contributed by atoms with Gasteiger partial charge < -0.3 is 14.7 Å². The van der Waals surface area contributed by atoms with Crippen molar-refractivity contribution in [3.8, 4) is 33.4 Å². The lowest BCUT2D eigenvalue weighted by Crippen LogP contribution is -2.64. The van der Waals surface area contributed by atoms with E-state index in [1.165, 1.54) is 113 Å². The molecule has 1 saturated carbocycles. The first-order valence-electron chi connectivity index (χ1n) is 24.6. The highest BCUT2D eigenvalue weighted by molar-refractivity contribution is 7.00. The molecule has 0 radical (unpaired) electrons. The van der Waals surface area contributed by atoms with Gasteiger partial charge in [0.15, 0.2) is 0 Å². The molecular weight excluding hydrogens is 822 g/mol. The van der Waals surface area contributed by atoms with E-state index >= 15 is 0 Å². The summed E-state index contributed by atoms with van der Waals surface area (Å²) in [6, 6.07) is 77.5. The van der Waals surface area contributed by atoms with Crippen LogP contribution in [-0.4, -0.2) is 12.3 Å². The summed E-state index contributed by atoms with van der Waals surface area (Å²) in [7, 11) is 0. The smallest absolute Gasteiger partial charge is 0.252 e. The van der Waals surface area contributed by atoms with Gasteiger partial charge in [0, 0.05) is 45.2 Å². The predicted molar refractivity (Wildman–Crippen MR) is 289 cm³/mol. The second-order valence-corrected chi connectivity index (χ2v) is 20.1. The maximum absolute atomic E-state index is 2.88. The lowest BCUT2D eigenvalue weighted by atomic mass is 9.33. The standard InChI is InChI=1S/C64H54BN3/c1-43-20-14-16-28-56(43)67(57-29-17-15-21-44(57)2)52-41-59-61-60(42-52)68-62-53(63(3)36-18-19-37-64(63,68)4)38-50(47-26-12-7-13-27-47)40-55(62)65(61)54-39-49(46-24-10-6-11-25-46)32-35-58(54)66(59)51-33-30-48(31-34-51)45-22-8-5-9-23-45/h5-17,20-35,38-42H,18-19,36-37H2,1-4H3. The van der Waals surface area contributed by atoms with Crippen molar-refractivity contribution in [3.63, 3.8) is 0 Å². The molecule has 9 aromatic carbocycles. The van der Waals surface area contributed by atoms with Crippen LogP contribution in [0.15, 0.2) is 206 Å². The van der Waals surface area contributed by atoms with Crippen molar-refractivity contribution < 1.29 is 0 Å². The molecule has 0 amide bonds. The third kappa shape index (κ3) is 5.99. The normalized spacial score (nSPS) is 18.4. The van der Waals surface area contributed by atoms with Gasteiger partial charge in [-0.1, -0.05) is 177 Å². The molecule has 4 heteroatoms. The number of anilines is 8. The highest BCUT2D eigenvalue weighted by Crippen LogP contribution is 2.63. The van der Waals surface area contributed by atoms with Gasteiger partial charge in [0.05, 0.1) is 11.2 Å². The lowest BCUT2D eigenvalue weighted by Gasteiger charge is -2.53. The van der Waals surface area contributed by atoms with E-state index < -0.39 is 0 Å². The molecular formula is C64H54BN3. The lowest BCUT2D eigenvalue weighted by molar-refractivity contribution is 0.195. The largest absolute Gasteiger partial charge is 0.335 e. The first-order chi connectivity index (χ1) is 33.3. The van der Waals surface area contributed by atoms with Crippen LogP contribution in [-0.2, 0) is 5.41 Å². The van der Waals surface area contributed by atoms with Crippen LogP contribution in [0.3, 0.4) is 0 Å². The van der Waals surface area contributed by atoms with Crippen LogP contribution < -0.4 is 31.1 Å². The van der Waals surface area contributed by atoms with Gasteiger partial charge in [-0.3, -0.25) is 0 Å². The van der Waals surface area contributed by atoms with E-state index in [1.54, 1.807) is 0 Å². The Bertz CT molecular complexity index is 3380. The molecule has 0 N–H and O–H groups in total. The SMILES string of the molecule is Cc1ccccc1N(c1cc2c3c(c1)N1c4c(cc(-c5ccccc5)cc4C4(C)CCCCC14C)B3c1cc(-c3ccccc3)ccc1N2c1ccc(-c2ccccc2)cc1)c1ccccc1C. The average Bonchev–Trinajstić information content (AvgIpc) is 3.60. The molecule has 13 rings (SSSR count). The Hall–Kier alpha value is -7.56. The number of benzene rings is 9. The fourth-order valence-corrected chi connectivity index (χ4v) is 12.8. The van der Waals surface area contributed by atoms with Gasteiger partial charge in [0.1, 0.15) is 0 Å². The molecule has 3 heterocycles. The fourth-order valence-electron chi connectivity index (χ4n) is 12.8. The monoisotopic (exact) mass is 875 g/mol. The molecule has 0 saturated heterocycles. The Kier molecular flexibility index (Phi) is 9.28. The van der Waals surface area contributed by atoms with Gasteiger partial charge in [-0.25, -0.2) is 0 Å². The van der Waals surface area contributed by atoms with Crippen LogP contribution in [0.25, 0.3) is 33.4 Å². The summed E-state index contributed by atoms with van der Waals surface area (Å²) in [6.07, 6.45) is 4.73. The van der Waals surface area contributed by atoms with E-state index in [1.807, 2.05) is 0 Å². The van der Waals surface area contributed by atoms with Crippen LogP contribution >= 0.6 is 0 Å². The maximum atomic E-state index is 2.88. The molecule has 2 unspecified atom stereocenters. The van der Waals surface area contributed by atoms with E-state index in [2.05, 4.69) is 249 Å². The highest BCUT2D eigenvalue weighted by atomic mass is 15.3. The Morgan fingerprint density at radius 2 is 0.971 bits per heavy atom. The molecule has 9 aromatic rings. The number of aryl methyl sites for hydroxylation is 2. The van der Waals surface area contributed by atoms with Crippen molar-refractivity contribution in [1.82, 2.24) is 0 Å². The van der Waals surface area contributed by atoms with E-state index in [0.717, 1.165) is 24.2 Å². The zero-order valence-electron chi connectivity index (χ0n) is 39.4. The topological polar surface area (TPSA) is 9.72 Å².